The van der Waals surface area contributed by atoms with Crippen LogP contribution >= 0.6 is 0 Å². The lowest BCUT2D eigenvalue weighted by Gasteiger charge is -2.10. The topological polar surface area (TPSA) is 78.3 Å². The van der Waals surface area contributed by atoms with Crippen LogP contribution < -0.4 is 0 Å². The minimum Gasteiger partial charge on any atom is -0.392 e. The quantitative estimate of drug-likeness (QED) is 0.425. The fourth-order valence-corrected chi connectivity index (χ4v) is 4.83. The summed E-state index contributed by atoms with van der Waals surface area (Å²) in [6.07, 6.45) is 4.67. The highest BCUT2D eigenvalue weighted by atomic mass is 16.3. The Morgan fingerprint density at radius 1 is 1.00 bits per heavy atom. The van der Waals surface area contributed by atoms with Crippen molar-refractivity contribution < 1.29 is 14.7 Å². The molecule has 0 bridgehead atoms. The number of allylic oxidation sites excluding steroid dienone is 2. The maximum atomic E-state index is 13.2. The molecule has 0 spiro atoms. The summed E-state index contributed by atoms with van der Waals surface area (Å²) in [5, 5.41) is 11.5. The Morgan fingerprint density at radius 3 is 2.52 bits per heavy atom. The minimum absolute atomic E-state index is 0.0809. The Hall–Kier alpha value is -3.48. The third-order valence-corrected chi connectivity index (χ3v) is 6.39. The Morgan fingerprint density at radius 2 is 1.76 bits per heavy atom. The van der Waals surface area contributed by atoms with Gasteiger partial charge in [0.15, 0.2) is 11.6 Å². The molecule has 0 saturated carbocycles. The number of aryl methyl sites for hydroxylation is 1. The van der Waals surface area contributed by atoms with E-state index in [4.69, 9.17) is 0 Å². The standard InChI is InChI=1S/C27H27N3O3/c1-29(2)10-5-11-30-15-21(19-12-17(16-31)8-9-23(19)30)27-25(33)13-24(32)26(27)20-14-28-22-7-4-3-6-18(20)22/h3-4,6-9,12,14-15,28,31H,5,10-11,13,16H2,1-2H3. The number of aromatic nitrogens is 2. The number of aromatic amines is 1. The van der Waals surface area contributed by atoms with E-state index >= 15 is 0 Å². The van der Waals surface area contributed by atoms with Gasteiger partial charge in [-0.25, -0.2) is 0 Å². The first-order valence-corrected chi connectivity index (χ1v) is 11.2. The number of hydrogen-bond donors (Lipinski definition) is 2. The molecule has 4 aromatic rings. The largest absolute Gasteiger partial charge is 0.392 e. The van der Waals surface area contributed by atoms with E-state index in [1.807, 2.05) is 69.0 Å². The monoisotopic (exact) mass is 441 g/mol. The lowest BCUT2D eigenvalue weighted by atomic mass is 9.95. The Bertz CT molecular complexity index is 1420. The van der Waals surface area contributed by atoms with Crippen molar-refractivity contribution in [2.75, 3.05) is 20.6 Å². The molecule has 33 heavy (non-hydrogen) atoms. The van der Waals surface area contributed by atoms with Gasteiger partial charge in [-0.1, -0.05) is 24.3 Å². The van der Waals surface area contributed by atoms with E-state index in [1.165, 1.54) is 0 Å². The number of fused-ring (bicyclic) bond motifs is 2. The molecule has 0 radical (unpaired) electrons. The first-order chi connectivity index (χ1) is 16.0. The normalized spacial score (nSPS) is 14.5. The fourth-order valence-electron chi connectivity index (χ4n) is 4.83. The van der Waals surface area contributed by atoms with Gasteiger partial charge in [-0.3, -0.25) is 9.59 Å². The summed E-state index contributed by atoms with van der Waals surface area (Å²) < 4.78 is 2.16. The van der Waals surface area contributed by atoms with Gasteiger partial charge in [-0.2, -0.15) is 0 Å². The smallest absolute Gasteiger partial charge is 0.172 e. The Balaban J connectivity index is 1.73. The first kappa shape index (κ1) is 21.4. The zero-order chi connectivity index (χ0) is 23.1. The van der Waals surface area contributed by atoms with Gasteiger partial charge in [0.25, 0.3) is 0 Å². The highest BCUT2D eigenvalue weighted by Crippen LogP contribution is 2.41. The summed E-state index contributed by atoms with van der Waals surface area (Å²) in [4.78, 5) is 31.6. The molecule has 0 amide bonds. The summed E-state index contributed by atoms with van der Waals surface area (Å²) in [5.74, 6) is -0.298. The van der Waals surface area contributed by atoms with E-state index in [1.54, 1.807) is 0 Å². The molecule has 6 nitrogen and oxygen atoms in total. The van der Waals surface area contributed by atoms with Gasteiger partial charge in [0.2, 0.25) is 0 Å². The van der Waals surface area contributed by atoms with Crippen LogP contribution in [0.3, 0.4) is 0 Å². The van der Waals surface area contributed by atoms with Gasteiger partial charge < -0.3 is 19.6 Å². The number of Topliss-reactive ketones (excluding diaryl/α,β-unsaturated/α-hetero) is 2. The Kier molecular flexibility index (Phi) is 5.48. The third kappa shape index (κ3) is 3.71. The number of carbonyl (C=O) groups excluding carboxylic acids is 2. The van der Waals surface area contributed by atoms with E-state index < -0.39 is 0 Å². The van der Waals surface area contributed by atoms with Gasteiger partial charge in [-0.15, -0.1) is 0 Å². The van der Waals surface area contributed by atoms with Crippen molar-refractivity contribution in [3.05, 3.63) is 71.5 Å². The van der Waals surface area contributed by atoms with Crippen molar-refractivity contribution in [2.24, 2.45) is 0 Å². The molecule has 0 unspecified atom stereocenters. The summed E-state index contributed by atoms with van der Waals surface area (Å²) in [5.41, 5.74) is 5.21. The number of hydrogen-bond acceptors (Lipinski definition) is 4. The van der Waals surface area contributed by atoms with Gasteiger partial charge >= 0.3 is 0 Å². The highest BCUT2D eigenvalue weighted by molar-refractivity contribution is 6.52. The number of para-hydroxylation sites is 1. The number of rotatable bonds is 7. The highest BCUT2D eigenvalue weighted by Gasteiger charge is 2.35. The molecule has 2 heterocycles. The number of benzene rings is 2. The molecule has 6 heteroatoms. The Labute approximate surface area is 192 Å². The number of H-pyrrole nitrogens is 1. The van der Waals surface area contributed by atoms with Crippen LogP contribution in [0.15, 0.2) is 54.9 Å². The summed E-state index contributed by atoms with van der Waals surface area (Å²) in [6.45, 7) is 1.66. The minimum atomic E-state index is -0.151. The maximum absolute atomic E-state index is 13.2. The maximum Gasteiger partial charge on any atom is 0.172 e. The molecule has 0 saturated heterocycles. The number of carbonyl (C=O) groups is 2. The van der Waals surface area contributed by atoms with Gasteiger partial charge in [0.1, 0.15) is 0 Å². The van der Waals surface area contributed by atoms with Crippen LogP contribution in [0.25, 0.3) is 33.0 Å². The van der Waals surface area contributed by atoms with E-state index in [-0.39, 0.29) is 24.6 Å². The molecule has 168 valence electrons. The molecule has 2 aromatic carbocycles. The zero-order valence-corrected chi connectivity index (χ0v) is 18.9. The molecule has 0 atom stereocenters. The summed E-state index contributed by atoms with van der Waals surface area (Å²) in [6, 6.07) is 13.6. The molecule has 0 fully saturated rings. The summed E-state index contributed by atoms with van der Waals surface area (Å²) >= 11 is 0. The van der Waals surface area contributed by atoms with E-state index in [9.17, 15) is 14.7 Å². The van der Waals surface area contributed by atoms with Crippen LogP contribution in [0.1, 0.15) is 29.5 Å². The van der Waals surface area contributed by atoms with E-state index in [2.05, 4.69) is 14.5 Å². The van der Waals surface area contributed by atoms with Gasteiger partial charge in [-0.05, 0) is 50.8 Å². The van der Waals surface area contributed by atoms with Crippen LogP contribution in [0.4, 0.5) is 0 Å². The molecule has 0 aliphatic heterocycles. The van der Waals surface area contributed by atoms with Crippen molar-refractivity contribution >= 4 is 44.5 Å². The van der Waals surface area contributed by atoms with Crippen LogP contribution in [0.5, 0.6) is 0 Å². The van der Waals surface area contributed by atoms with Crippen molar-refractivity contribution in [1.82, 2.24) is 14.5 Å². The molecule has 1 aliphatic carbocycles. The van der Waals surface area contributed by atoms with Crippen molar-refractivity contribution in [1.29, 1.82) is 0 Å². The number of nitrogens with one attached hydrogen (secondary N) is 1. The average Bonchev–Trinajstić information content (AvgIpc) is 3.46. The van der Waals surface area contributed by atoms with E-state index in [0.717, 1.165) is 58.0 Å². The third-order valence-electron chi connectivity index (χ3n) is 6.39. The van der Waals surface area contributed by atoms with Crippen molar-refractivity contribution in [3.63, 3.8) is 0 Å². The molecular weight excluding hydrogens is 414 g/mol. The second-order valence-electron chi connectivity index (χ2n) is 8.92. The van der Waals surface area contributed by atoms with Crippen LogP contribution in [-0.4, -0.2) is 51.8 Å². The van der Waals surface area contributed by atoms with Crippen molar-refractivity contribution in [3.8, 4) is 0 Å². The predicted octanol–water partition coefficient (Wildman–Crippen LogP) is 4.02. The second kappa shape index (κ2) is 8.46. The number of aliphatic hydroxyl groups is 1. The molecular formula is C27H27N3O3. The van der Waals surface area contributed by atoms with Crippen molar-refractivity contribution in [2.45, 2.75) is 26.0 Å². The lowest BCUT2D eigenvalue weighted by molar-refractivity contribution is -0.119. The molecule has 2 N–H and O–H groups in total. The predicted molar refractivity (Wildman–Crippen MR) is 131 cm³/mol. The van der Waals surface area contributed by atoms with E-state index in [0.29, 0.717) is 11.1 Å². The summed E-state index contributed by atoms with van der Waals surface area (Å²) in [7, 11) is 4.10. The van der Waals surface area contributed by atoms with Crippen LogP contribution in [0, 0.1) is 0 Å². The second-order valence-corrected chi connectivity index (χ2v) is 8.92. The number of ketones is 2. The first-order valence-electron chi connectivity index (χ1n) is 11.2. The molecule has 5 rings (SSSR count). The van der Waals surface area contributed by atoms with Gasteiger partial charge in [0.05, 0.1) is 13.0 Å². The lowest BCUT2D eigenvalue weighted by Crippen LogP contribution is -2.14. The number of nitrogens with zero attached hydrogens (tertiary/aromatic N) is 2. The van der Waals surface area contributed by atoms with Gasteiger partial charge in [0, 0.05) is 63.0 Å². The van der Waals surface area contributed by atoms with Crippen LogP contribution in [0.2, 0.25) is 0 Å². The average molecular weight is 442 g/mol. The molecule has 2 aromatic heterocycles. The SMILES string of the molecule is CN(C)CCCn1cc(C2=C(c3c[nH]c4ccccc34)C(=O)CC2=O)c2cc(CO)ccc21. The molecule has 1 aliphatic rings. The number of aliphatic hydroxyl groups excluding tert-OH is 1. The van der Waals surface area contributed by atoms with Crippen LogP contribution in [-0.2, 0) is 22.7 Å². The fraction of sp³-hybridized carbons (Fsp3) is 0.259. The zero-order valence-electron chi connectivity index (χ0n) is 18.9.